The van der Waals surface area contributed by atoms with Crippen LogP contribution < -0.4 is 10.6 Å². The van der Waals surface area contributed by atoms with Crippen LogP contribution >= 0.6 is 23.8 Å². The minimum absolute atomic E-state index is 0.00934. The van der Waals surface area contributed by atoms with Crippen LogP contribution in [0.1, 0.15) is 32.1 Å². The molecule has 0 aliphatic heterocycles. The number of thiocarbonyl (C=S) groups is 1. The molecule has 2 N–H and O–H groups in total. The molecular formula is C14H16ClFN2OS. The lowest BCUT2D eigenvalue weighted by Crippen LogP contribution is -2.34. The van der Waals surface area contributed by atoms with E-state index in [9.17, 15) is 9.18 Å². The summed E-state index contributed by atoms with van der Waals surface area (Å²) in [5.74, 6) is -0.103. The molecule has 6 heteroatoms. The maximum atomic E-state index is 13.0. The van der Waals surface area contributed by atoms with E-state index >= 15 is 0 Å². The van der Waals surface area contributed by atoms with Crippen LogP contribution in [-0.4, -0.2) is 11.0 Å². The third kappa shape index (κ3) is 4.42. The predicted octanol–water partition coefficient (Wildman–Crippen LogP) is 3.87. The van der Waals surface area contributed by atoms with Gasteiger partial charge in [-0.2, -0.15) is 0 Å². The lowest BCUT2D eigenvalue weighted by atomic mass is 10.0. The van der Waals surface area contributed by atoms with Gasteiger partial charge >= 0.3 is 0 Å². The number of amides is 1. The van der Waals surface area contributed by atoms with Crippen molar-refractivity contribution in [2.75, 3.05) is 5.32 Å². The molecule has 1 fully saturated rings. The Kier molecular flexibility index (Phi) is 5.31. The molecule has 0 spiro atoms. The summed E-state index contributed by atoms with van der Waals surface area (Å²) in [6.45, 7) is 0. The number of nitrogens with one attached hydrogen (secondary N) is 2. The lowest BCUT2D eigenvalue weighted by Gasteiger charge is -2.12. The standard InChI is InChI=1S/C14H16ClFN2OS/c15-11-8-10(5-6-12(11)16)17-14(20)18-13(19)7-9-3-1-2-4-9/h5-6,8-9H,1-4,7H2,(H2,17,18,19,20). The largest absolute Gasteiger partial charge is 0.332 e. The summed E-state index contributed by atoms with van der Waals surface area (Å²) in [5.41, 5.74) is 0.544. The van der Waals surface area contributed by atoms with Gasteiger partial charge in [-0.1, -0.05) is 24.4 Å². The van der Waals surface area contributed by atoms with E-state index in [1.165, 1.54) is 31.0 Å². The minimum Gasteiger partial charge on any atom is -0.332 e. The highest BCUT2D eigenvalue weighted by Crippen LogP contribution is 2.27. The van der Waals surface area contributed by atoms with Crippen molar-refractivity contribution in [3.63, 3.8) is 0 Å². The maximum Gasteiger partial charge on any atom is 0.226 e. The average molecular weight is 315 g/mol. The van der Waals surface area contributed by atoms with Gasteiger partial charge in [0.25, 0.3) is 0 Å². The molecular weight excluding hydrogens is 299 g/mol. The Morgan fingerprint density at radius 3 is 2.75 bits per heavy atom. The number of carbonyl (C=O) groups is 1. The van der Waals surface area contributed by atoms with Crippen molar-refractivity contribution in [3.8, 4) is 0 Å². The highest BCUT2D eigenvalue weighted by Gasteiger charge is 2.18. The number of rotatable bonds is 3. The SMILES string of the molecule is O=C(CC1CCCC1)NC(=S)Nc1ccc(F)c(Cl)c1. The van der Waals surface area contributed by atoms with Gasteiger partial charge in [0.15, 0.2) is 5.11 Å². The number of anilines is 1. The van der Waals surface area contributed by atoms with E-state index in [2.05, 4.69) is 10.6 Å². The zero-order valence-corrected chi connectivity index (χ0v) is 12.5. The quantitative estimate of drug-likeness (QED) is 0.832. The van der Waals surface area contributed by atoms with Gasteiger partial charge < -0.3 is 10.6 Å². The van der Waals surface area contributed by atoms with E-state index in [1.54, 1.807) is 0 Å². The fourth-order valence-corrected chi connectivity index (χ4v) is 2.80. The molecule has 1 saturated carbocycles. The Morgan fingerprint density at radius 1 is 1.40 bits per heavy atom. The van der Waals surface area contributed by atoms with Gasteiger partial charge in [-0.25, -0.2) is 4.39 Å². The highest BCUT2D eigenvalue weighted by atomic mass is 35.5. The first kappa shape index (κ1) is 15.2. The van der Waals surface area contributed by atoms with Crippen molar-refractivity contribution in [3.05, 3.63) is 29.0 Å². The number of hydrogen-bond donors (Lipinski definition) is 2. The third-order valence-electron chi connectivity index (χ3n) is 3.38. The molecule has 0 atom stereocenters. The van der Waals surface area contributed by atoms with Gasteiger partial charge in [0.2, 0.25) is 5.91 Å². The first-order valence-electron chi connectivity index (χ1n) is 6.60. The Morgan fingerprint density at radius 2 is 2.10 bits per heavy atom. The van der Waals surface area contributed by atoms with Crippen LogP contribution in [0.2, 0.25) is 5.02 Å². The highest BCUT2D eigenvalue weighted by molar-refractivity contribution is 7.80. The Bertz CT molecular complexity index is 518. The van der Waals surface area contributed by atoms with Gasteiger partial charge in [0, 0.05) is 12.1 Å². The van der Waals surface area contributed by atoms with Gasteiger partial charge in [0.1, 0.15) is 5.82 Å². The second-order valence-electron chi connectivity index (χ2n) is 4.99. The van der Waals surface area contributed by atoms with Crippen LogP contribution in [0.3, 0.4) is 0 Å². The molecule has 0 saturated heterocycles. The number of hydrogen-bond acceptors (Lipinski definition) is 2. The molecule has 1 aliphatic carbocycles. The average Bonchev–Trinajstić information content (AvgIpc) is 2.86. The van der Waals surface area contributed by atoms with Gasteiger partial charge in [-0.05, 0) is 49.2 Å². The zero-order chi connectivity index (χ0) is 14.5. The molecule has 2 rings (SSSR count). The zero-order valence-electron chi connectivity index (χ0n) is 10.9. The molecule has 1 aliphatic rings. The van der Waals surface area contributed by atoms with Crippen LogP contribution in [0.25, 0.3) is 0 Å². The molecule has 108 valence electrons. The van der Waals surface area contributed by atoms with Crippen LogP contribution in [0.5, 0.6) is 0 Å². The molecule has 1 aromatic carbocycles. The van der Waals surface area contributed by atoms with E-state index in [0.717, 1.165) is 12.8 Å². The Hall–Kier alpha value is -1.20. The second kappa shape index (κ2) is 6.99. The minimum atomic E-state index is -0.492. The summed E-state index contributed by atoms with van der Waals surface area (Å²) in [6.07, 6.45) is 5.14. The molecule has 1 aromatic rings. The molecule has 0 heterocycles. The van der Waals surface area contributed by atoms with E-state index in [4.69, 9.17) is 23.8 Å². The van der Waals surface area contributed by atoms with Crippen LogP contribution in [-0.2, 0) is 4.79 Å². The molecule has 0 radical (unpaired) electrons. The predicted molar refractivity (Wildman–Crippen MR) is 82.3 cm³/mol. The topological polar surface area (TPSA) is 41.1 Å². The fourth-order valence-electron chi connectivity index (χ4n) is 2.39. The number of halogens is 2. The molecule has 20 heavy (non-hydrogen) atoms. The third-order valence-corrected chi connectivity index (χ3v) is 3.87. The van der Waals surface area contributed by atoms with Crippen molar-refractivity contribution in [2.45, 2.75) is 32.1 Å². The van der Waals surface area contributed by atoms with E-state index in [-0.39, 0.29) is 16.0 Å². The summed E-state index contributed by atoms with van der Waals surface area (Å²) in [5, 5.41) is 5.66. The van der Waals surface area contributed by atoms with Crippen molar-refractivity contribution < 1.29 is 9.18 Å². The van der Waals surface area contributed by atoms with Gasteiger partial charge in [-0.15, -0.1) is 0 Å². The Labute approximate surface area is 127 Å². The van der Waals surface area contributed by atoms with E-state index in [0.29, 0.717) is 18.0 Å². The van der Waals surface area contributed by atoms with Crippen molar-refractivity contribution in [1.29, 1.82) is 0 Å². The second-order valence-corrected chi connectivity index (χ2v) is 5.80. The van der Waals surface area contributed by atoms with Crippen molar-refractivity contribution >= 4 is 40.5 Å². The summed E-state index contributed by atoms with van der Waals surface area (Å²) >= 11 is 10.7. The summed E-state index contributed by atoms with van der Waals surface area (Å²) in [4.78, 5) is 11.8. The summed E-state index contributed by atoms with van der Waals surface area (Å²) < 4.78 is 13.0. The van der Waals surface area contributed by atoms with Crippen LogP contribution in [0.15, 0.2) is 18.2 Å². The van der Waals surface area contributed by atoms with Crippen molar-refractivity contribution in [2.24, 2.45) is 5.92 Å². The van der Waals surface area contributed by atoms with Crippen LogP contribution in [0, 0.1) is 11.7 Å². The monoisotopic (exact) mass is 314 g/mol. The molecule has 3 nitrogen and oxygen atoms in total. The maximum absolute atomic E-state index is 13.0. The first-order chi connectivity index (χ1) is 9.54. The molecule has 1 amide bonds. The smallest absolute Gasteiger partial charge is 0.226 e. The van der Waals surface area contributed by atoms with Crippen LogP contribution in [0.4, 0.5) is 10.1 Å². The van der Waals surface area contributed by atoms with Gasteiger partial charge in [-0.3, -0.25) is 4.79 Å². The Balaban J connectivity index is 1.82. The van der Waals surface area contributed by atoms with Gasteiger partial charge in [0.05, 0.1) is 5.02 Å². The van der Waals surface area contributed by atoms with E-state index < -0.39 is 5.82 Å². The summed E-state index contributed by atoms with van der Waals surface area (Å²) in [6, 6.07) is 4.18. The lowest BCUT2D eigenvalue weighted by molar-refractivity contribution is -0.120. The fraction of sp³-hybridized carbons (Fsp3) is 0.429. The first-order valence-corrected chi connectivity index (χ1v) is 7.39. The normalized spacial score (nSPS) is 15.1. The molecule has 0 unspecified atom stereocenters. The summed E-state index contributed by atoms with van der Waals surface area (Å²) in [7, 11) is 0. The van der Waals surface area contributed by atoms with Crippen molar-refractivity contribution in [1.82, 2.24) is 5.32 Å². The van der Waals surface area contributed by atoms with E-state index in [1.807, 2.05) is 0 Å². The molecule has 0 aromatic heterocycles. The number of carbonyl (C=O) groups excluding carboxylic acids is 1. The molecule has 0 bridgehead atoms. The number of benzene rings is 1.